The van der Waals surface area contributed by atoms with E-state index in [2.05, 4.69) is 20.6 Å². The van der Waals surface area contributed by atoms with Crippen LogP contribution >= 0.6 is 11.6 Å². The minimum Gasteiger partial charge on any atom is -0.393 e. The van der Waals surface area contributed by atoms with Crippen molar-refractivity contribution in [3.63, 3.8) is 0 Å². The minimum absolute atomic E-state index is 0.124. The third-order valence-electron chi connectivity index (χ3n) is 2.74. The quantitative estimate of drug-likeness (QED) is 0.744. The van der Waals surface area contributed by atoms with E-state index in [1.54, 1.807) is 13.2 Å². The van der Waals surface area contributed by atoms with Gasteiger partial charge in [-0.1, -0.05) is 11.6 Å². The number of hydrogen-bond acceptors (Lipinski definition) is 5. The molecule has 1 saturated carbocycles. The van der Waals surface area contributed by atoms with Crippen molar-refractivity contribution in [3.05, 3.63) is 11.2 Å². The van der Waals surface area contributed by atoms with Crippen LogP contribution in [0.4, 0.5) is 11.8 Å². The number of aromatic nitrogens is 2. The van der Waals surface area contributed by atoms with Crippen molar-refractivity contribution in [3.8, 4) is 0 Å². The van der Waals surface area contributed by atoms with Crippen molar-refractivity contribution < 1.29 is 5.11 Å². The van der Waals surface area contributed by atoms with Gasteiger partial charge in [-0.3, -0.25) is 0 Å². The molecule has 0 aromatic carbocycles. The highest BCUT2D eigenvalue weighted by atomic mass is 35.5. The van der Waals surface area contributed by atoms with E-state index in [0.29, 0.717) is 22.7 Å². The second kappa shape index (κ2) is 4.84. The number of nitrogens with zero attached hydrogens (tertiary/aromatic N) is 2. The fourth-order valence-electron chi connectivity index (χ4n) is 1.72. The Kier molecular flexibility index (Phi) is 3.46. The van der Waals surface area contributed by atoms with E-state index in [9.17, 15) is 0 Å². The lowest BCUT2D eigenvalue weighted by Gasteiger charge is -2.31. The van der Waals surface area contributed by atoms with Gasteiger partial charge in [-0.05, 0) is 18.8 Å². The molecular weight excluding hydrogens is 228 g/mol. The van der Waals surface area contributed by atoms with Crippen molar-refractivity contribution in [2.24, 2.45) is 5.92 Å². The third kappa shape index (κ3) is 2.54. The zero-order valence-corrected chi connectivity index (χ0v) is 9.83. The first-order chi connectivity index (χ1) is 7.69. The zero-order chi connectivity index (χ0) is 11.5. The van der Waals surface area contributed by atoms with Crippen LogP contribution in [0.2, 0.25) is 5.02 Å². The summed E-state index contributed by atoms with van der Waals surface area (Å²) in [5.74, 6) is 1.70. The monoisotopic (exact) mass is 242 g/mol. The van der Waals surface area contributed by atoms with Crippen LogP contribution in [0, 0.1) is 5.92 Å². The Morgan fingerprint density at radius 2 is 2.31 bits per heavy atom. The highest BCUT2D eigenvalue weighted by Gasteiger charge is 2.26. The Hall–Kier alpha value is -1.07. The van der Waals surface area contributed by atoms with Crippen LogP contribution in [-0.4, -0.2) is 34.8 Å². The Morgan fingerprint density at radius 3 is 2.94 bits per heavy atom. The number of aliphatic hydroxyl groups is 1. The van der Waals surface area contributed by atoms with Crippen molar-refractivity contribution >= 4 is 23.4 Å². The molecule has 1 fully saturated rings. The largest absolute Gasteiger partial charge is 0.393 e. The third-order valence-corrected chi connectivity index (χ3v) is 3.01. The molecule has 5 nitrogen and oxygen atoms in total. The lowest BCUT2D eigenvalue weighted by Crippen LogP contribution is -2.33. The van der Waals surface area contributed by atoms with Gasteiger partial charge in [0, 0.05) is 13.6 Å². The van der Waals surface area contributed by atoms with E-state index < -0.39 is 0 Å². The summed E-state index contributed by atoms with van der Waals surface area (Å²) < 4.78 is 0. The van der Waals surface area contributed by atoms with Gasteiger partial charge in [-0.25, -0.2) is 4.98 Å². The number of aliphatic hydroxyl groups excluding tert-OH is 1. The summed E-state index contributed by atoms with van der Waals surface area (Å²) in [6, 6.07) is 0. The summed E-state index contributed by atoms with van der Waals surface area (Å²) in [5.41, 5.74) is 0. The highest BCUT2D eigenvalue weighted by molar-refractivity contribution is 6.32. The van der Waals surface area contributed by atoms with Crippen LogP contribution in [0.15, 0.2) is 6.20 Å². The van der Waals surface area contributed by atoms with E-state index in [1.165, 1.54) is 0 Å². The molecule has 0 spiro atoms. The van der Waals surface area contributed by atoms with E-state index in [4.69, 9.17) is 16.7 Å². The summed E-state index contributed by atoms with van der Waals surface area (Å²) >= 11 is 5.96. The predicted molar refractivity (Wildman–Crippen MR) is 63.8 cm³/mol. The number of halogens is 1. The molecule has 6 heteroatoms. The van der Waals surface area contributed by atoms with Crippen molar-refractivity contribution in [2.45, 2.75) is 18.9 Å². The van der Waals surface area contributed by atoms with Gasteiger partial charge in [0.25, 0.3) is 0 Å². The molecule has 1 aliphatic carbocycles. The molecule has 2 rings (SSSR count). The normalized spacial score (nSPS) is 23.7. The molecule has 0 bridgehead atoms. The smallest absolute Gasteiger partial charge is 0.224 e. The van der Waals surface area contributed by atoms with Gasteiger partial charge in [0.2, 0.25) is 5.95 Å². The Bertz CT molecular complexity index is 368. The van der Waals surface area contributed by atoms with Crippen LogP contribution in [0.3, 0.4) is 0 Å². The summed E-state index contributed by atoms with van der Waals surface area (Å²) in [7, 11) is 1.76. The summed E-state index contributed by atoms with van der Waals surface area (Å²) in [4.78, 5) is 8.21. The van der Waals surface area contributed by atoms with Crippen LogP contribution in [-0.2, 0) is 0 Å². The zero-order valence-electron chi connectivity index (χ0n) is 9.07. The Morgan fingerprint density at radius 1 is 1.56 bits per heavy atom. The molecular formula is C10H15ClN4O. The maximum absolute atomic E-state index is 9.16. The summed E-state index contributed by atoms with van der Waals surface area (Å²) in [5, 5.41) is 15.7. The topological polar surface area (TPSA) is 70.1 Å². The molecule has 0 amide bonds. The first-order valence-electron chi connectivity index (χ1n) is 5.31. The molecule has 0 radical (unpaired) electrons. The van der Waals surface area contributed by atoms with Gasteiger partial charge in [0.15, 0.2) is 0 Å². The van der Waals surface area contributed by atoms with Crippen LogP contribution in [0.5, 0.6) is 0 Å². The van der Waals surface area contributed by atoms with Gasteiger partial charge < -0.3 is 15.7 Å². The average Bonchev–Trinajstić information content (AvgIpc) is 2.25. The van der Waals surface area contributed by atoms with Gasteiger partial charge in [-0.2, -0.15) is 4.98 Å². The fraction of sp³-hybridized carbons (Fsp3) is 0.600. The number of nitrogens with one attached hydrogen (secondary N) is 2. The number of rotatable bonds is 4. The van der Waals surface area contributed by atoms with Crippen molar-refractivity contribution in [2.75, 3.05) is 24.2 Å². The first kappa shape index (κ1) is 11.4. The number of hydrogen-bond donors (Lipinski definition) is 3. The fourth-order valence-corrected chi connectivity index (χ4v) is 1.88. The molecule has 0 unspecified atom stereocenters. The molecule has 1 aromatic heterocycles. The summed E-state index contributed by atoms with van der Waals surface area (Å²) in [6.45, 7) is 0.789. The molecule has 0 saturated heterocycles. The van der Waals surface area contributed by atoms with Gasteiger partial charge in [-0.15, -0.1) is 0 Å². The van der Waals surface area contributed by atoms with Gasteiger partial charge >= 0.3 is 0 Å². The molecule has 0 atom stereocenters. The molecule has 1 aliphatic rings. The minimum atomic E-state index is -0.124. The van der Waals surface area contributed by atoms with Crippen LogP contribution in [0.25, 0.3) is 0 Å². The molecule has 3 N–H and O–H groups in total. The van der Waals surface area contributed by atoms with E-state index >= 15 is 0 Å². The summed E-state index contributed by atoms with van der Waals surface area (Å²) in [6.07, 6.45) is 3.15. The van der Waals surface area contributed by atoms with Crippen molar-refractivity contribution in [1.29, 1.82) is 0 Å². The molecule has 1 aromatic rings. The van der Waals surface area contributed by atoms with Crippen molar-refractivity contribution in [1.82, 2.24) is 9.97 Å². The maximum Gasteiger partial charge on any atom is 0.224 e. The average molecular weight is 243 g/mol. The molecule has 0 aliphatic heterocycles. The molecule has 16 heavy (non-hydrogen) atoms. The SMILES string of the molecule is CNc1ncc(Cl)c(NCC2CC(O)C2)n1. The predicted octanol–water partition coefficient (Wildman–Crippen LogP) is 1.35. The lowest BCUT2D eigenvalue weighted by atomic mass is 9.82. The lowest BCUT2D eigenvalue weighted by molar-refractivity contribution is 0.0486. The molecule has 88 valence electrons. The van der Waals surface area contributed by atoms with E-state index in [1.807, 2.05) is 0 Å². The Labute approximate surface area is 99.3 Å². The molecule has 1 heterocycles. The first-order valence-corrected chi connectivity index (χ1v) is 5.69. The van der Waals surface area contributed by atoms with Crippen LogP contribution < -0.4 is 10.6 Å². The second-order valence-corrected chi connectivity index (χ2v) is 4.42. The van der Waals surface area contributed by atoms with Gasteiger partial charge in [0.1, 0.15) is 10.8 Å². The van der Waals surface area contributed by atoms with E-state index in [-0.39, 0.29) is 6.10 Å². The second-order valence-electron chi connectivity index (χ2n) is 4.01. The maximum atomic E-state index is 9.16. The number of anilines is 2. The Balaban J connectivity index is 1.92. The van der Waals surface area contributed by atoms with Crippen LogP contribution in [0.1, 0.15) is 12.8 Å². The standard InChI is InChI=1S/C10H15ClN4O/c1-12-10-14-5-8(11)9(15-10)13-4-6-2-7(16)3-6/h5-7,16H,2-4H2,1H3,(H2,12,13,14,15). The highest BCUT2D eigenvalue weighted by Crippen LogP contribution is 2.28. The van der Waals surface area contributed by atoms with E-state index in [0.717, 1.165) is 19.4 Å². The van der Waals surface area contributed by atoms with Gasteiger partial charge in [0.05, 0.1) is 12.3 Å².